The van der Waals surface area contributed by atoms with Crippen molar-refractivity contribution in [3.63, 3.8) is 0 Å². The van der Waals surface area contributed by atoms with Gasteiger partial charge in [0.15, 0.2) is 17.5 Å². The maximum atomic E-state index is 15.6. The zero-order valence-corrected chi connectivity index (χ0v) is 50.3. The van der Waals surface area contributed by atoms with Crippen LogP contribution >= 0.6 is 21.6 Å². The van der Waals surface area contributed by atoms with Gasteiger partial charge in [-0.25, -0.2) is 14.4 Å². The van der Waals surface area contributed by atoms with Gasteiger partial charge in [-0.2, -0.15) is 0 Å². The molecule has 12 atom stereocenters. The fraction of sp³-hybridized carbons (Fsp3) is 0.453. The summed E-state index contributed by atoms with van der Waals surface area (Å²) in [5.74, 6) is -5.83. The summed E-state index contributed by atoms with van der Waals surface area (Å²) < 4.78 is 41.2. The number of nitro groups is 1. The largest absolute Gasteiger partial charge is 0.509 e. The minimum Gasteiger partial charge on any atom is -0.461 e. The minimum atomic E-state index is -2.52. The summed E-state index contributed by atoms with van der Waals surface area (Å²) in [5, 5.41) is 54.6. The van der Waals surface area contributed by atoms with Crippen LogP contribution in [0, 0.1) is 26.9 Å². The topological polar surface area (TPSA) is 300 Å². The van der Waals surface area contributed by atoms with Crippen LogP contribution in [0.5, 0.6) is 0 Å². The first kappa shape index (κ1) is 64.1. The smallest absolute Gasteiger partial charge is 0.461 e. The molecule has 3 aliphatic carbocycles. The van der Waals surface area contributed by atoms with Crippen molar-refractivity contribution in [1.29, 1.82) is 0 Å². The Morgan fingerprint density at radius 1 is 0.885 bits per heavy atom. The summed E-state index contributed by atoms with van der Waals surface area (Å²) in [6.45, 7) is 5.56. The first-order valence-corrected chi connectivity index (χ1v) is 31.1. The Kier molecular flexibility index (Phi) is 19.8. The highest BCUT2D eigenvalue weighted by atomic mass is 33.1. The molecule has 4 fully saturated rings. The maximum absolute atomic E-state index is 15.6. The van der Waals surface area contributed by atoms with Crippen LogP contribution in [-0.2, 0) is 58.9 Å². The van der Waals surface area contributed by atoms with E-state index in [-0.39, 0.29) is 70.7 Å². The van der Waals surface area contributed by atoms with Gasteiger partial charge in [-0.05, 0) is 98.4 Å². The molecule has 2 aliphatic heterocycles. The number of fused-ring (bicyclic) bond motifs is 5. The number of rotatable bonds is 21. The summed E-state index contributed by atoms with van der Waals surface area (Å²) >= 11 is 0. The zero-order valence-electron chi connectivity index (χ0n) is 48.7. The Morgan fingerprint density at radius 2 is 1.56 bits per heavy atom. The molecular formula is C64H70N2O19S2. The summed E-state index contributed by atoms with van der Waals surface area (Å²) in [6, 6.07) is 26.7. The lowest BCUT2D eigenvalue weighted by Gasteiger charge is -2.67. The average molecular weight is 1240 g/mol. The van der Waals surface area contributed by atoms with Gasteiger partial charge in [0.1, 0.15) is 37.1 Å². The van der Waals surface area contributed by atoms with E-state index in [1.807, 2.05) is 21.6 Å². The van der Waals surface area contributed by atoms with E-state index < -0.39 is 130 Å². The van der Waals surface area contributed by atoms with E-state index in [4.69, 9.17) is 33.2 Å². The number of Topliss-reactive ketones (excluding diaryl/α,β-unsaturated/α-hetero) is 1. The number of para-hydroxylation sites is 1. The molecule has 2 heterocycles. The van der Waals surface area contributed by atoms with Gasteiger partial charge in [0.05, 0.1) is 45.8 Å². The lowest BCUT2D eigenvalue weighted by atomic mass is 9.44. The molecule has 2 bridgehead atoms. The predicted octanol–water partition coefficient (Wildman–Crippen LogP) is 8.70. The van der Waals surface area contributed by atoms with Crippen molar-refractivity contribution in [2.24, 2.45) is 16.7 Å². The van der Waals surface area contributed by atoms with Crippen LogP contribution in [0.2, 0.25) is 0 Å². The Balaban J connectivity index is 1.02. The molecule has 2 saturated carbocycles. The van der Waals surface area contributed by atoms with Crippen LogP contribution in [0.4, 0.5) is 10.5 Å². The Morgan fingerprint density at radius 3 is 2.20 bits per heavy atom. The molecule has 6 unspecified atom stereocenters. The van der Waals surface area contributed by atoms with Crippen molar-refractivity contribution in [1.82, 2.24) is 5.32 Å². The lowest BCUT2D eigenvalue weighted by Crippen LogP contribution is -2.81. The van der Waals surface area contributed by atoms with Crippen molar-refractivity contribution >= 4 is 75.1 Å². The second kappa shape index (κ2) is 26.9. The maximum Gasteiger partial charge on any atom is 0.509 e. The van der Waals surface area contributed by atoms with E-state index in [9.17, 15) is 49.4 Å². The van der Waals surface area contributed by atoms with E-state index in [0.717, 1.165) is 31.9 Å². The van der Waals surface area contributed by atoms with Crippen molar-refractivity contribution < 1.29 is 87.0 Å². The number of nitro benzene ring substituents is 1. The van der Waals surface area contributed by atoms with E-state index in [0.29, 0.717) is 11.7 Å². The number of benzene rings is 4. The Hall–Kier alpha value is -7.41. The van der Waals surface area contributed by atoms with Crippen molar-refractivity contribution in [3.05, 3.63) is 164 Å². The average Bonchev–Trinajstić information content (AvgIpc) is 0.756. The quantitative estimate of drug-likeness (QED) is 0.0115. The molecular weight excluding hydrogens is 1160 g/mol. The standard InChI is InChI=1S/C64H70N2O19S2/c1-37-45(34-64(76)56(71)54-62(5,55(70)52(82-38(2)67)49(37)61(64,3)4)46(68)33-47-63(54,36-81-47)85-58(73)42-23-13-8-14-24-42)83-59(74)53(50(39-19-9-6-10-20-39)65-57(72)41-21-11-7-12-22-41)84-60(75)79-31-18-27-40-25-17-26-43(51(40)66(77)78)35-80-48(69)29-16-15-28-44-30-32-86-87-44/h6-14,17-27,44-47,50,52-54,56,68,71,76H,15-16,28-36H2,1-5H3,(H,65,72)/b27-18+/t44?,45-,46?,47?,50-,52?,53+,54-,56-,62?,63-,64?/m0/s1. The number of hydrogen-bond donors (Lipinski definition) is 4. The first-order chi connectivity index (χ1) is 41.5. The molecule has 21 nitrogen and oxygen atoms in total. The van der Waals surface area contributed by atoms with Crippen LogP contribution in [0.15, 0.2) is 126 Å². The number of aliphatic hydroxyl groups is 3. The number of amides is 1. The highest BCUT2D eigenvalue weighted by Gasteiger charge is 2.77. The lowest BCUT2D eigenvalue weighted by molar-refractivity contribution is -0.386. The molecule has 462 valence electrons. The highest BCUT2D eigenvalue weighted by molar-refractivity contribution is 8.77. The highest BCUT2D eigenvalue weighted by Crippen LogP contribution is 2.64. The third-order valence-electron chi connectivity index (χ3n) is 17.6. The number of esters is 4. The number of ketones is 1. The van der Waals surface area contributed by atoms with Crippen LogP contribution in [0.1, 0.15) is 123 Å². The molecule has 4 aromatic rings. The van der Waals surface area contributed by atoms with Crippen LogP contribution in [-0.4, -0.2) is 134 Å². The fourth-order valence-electron chi connectivity index (χ4n) is 12.9. The van der Waals surface area contributed by atoms with E-state index in [1.165, 1.54) is 82.3 Å². The van der Waals surface area contributed by atoms with Gasteiger partial charge in [-0.3, -0.25) is 29.3 Å². The number of nitrogens with one attached hydrogen (secondary N) is 1. The van der Waals surface area contributed by atoms with Crippen molar-refractivity contribution in [2.45, 2.75) is 145 Å². The number of hydrogen-bond acceptors (Lipinski definition) is 21. The second-order valence-electron chi connectivity index (χ2n) is 23.2. The van der Waals surface area contributed by atoms with E-state index in [1.54, 1.807) is 66.7 Å². The molecule has 87 heavy (non-hydrogen) atoms. The number of nitrogens with zero attached hydrogens (tertiary/aromatic N) is 1. The zero-order chi connectivity index (χ0) is 62.4. The summed E-state index contributed by atoms with van der Waals surface area (Å²) in [7, 11) is 3.71. The molecule has 4 aromatic carbocycles. The van der Waals surface area contributed by atoms with Gasteiger partial charge in [0.25, 0.3) is 11.6 Å². The third kappa shape index (κ3) is 13.1. The molecule has 4 N–H and O–H groups in total. The fourth-order valence-corrected chi connectivity index (χ4v) is 15.9. The molecule has 5 aliphatic rings. The Bertz CT molecular complexity index is 3300. The monoisotopic (exact) mass is 1230 g/mol. The number of carbonyl (C=O) groups excluding carboxylic acids is 7. The molecule has 2 saturated heterocycles. The van der Waals surface area contributed by atoms with E-state index >= 15 is 9.59 Å². The van der Waals surface area contributed by atoms with Gasteiger partial charge in [-0.15, -0.1) is 0 Å². The number of ether oxygens (including phenoxy) is 7. The van der Waals surface area contributed by atoms with Crippen LogP contribution < -0.4 is 5.32 Å². The number of aliphatic hydroxyl groups excluding tert-OH is 2. The van der Waals surface area contributed by atoms with Crippen molar-refractivity contribution in [3.8, 4) is 0 Å². The van der Waals surface area contributed by atoms with Gasteiger partial charge in [0, 0.05) is 54.1 Å². The third-order valence-corrected chi connectivity index (χ3v) is 20.6. The molecule has 0 radical (unpaired) electrons. The van der Waals surface area contributed by atoms with Gasteiger partial charge >= 0.3 is 30.0 Å². The number of carbonyl (C=O) groups is 7. The van der Waals surface area contributed by atoms with Crippen LogP contribution in [0.3, 0.4) is 0 Å². The Labute approximate surface area is 510 Å². The summed E-state index contributed by atoms with van der Waals surface area (Å²) in [6.07, 6.45) is -6.56. The molecule has 9 rings (SSSR count). The molecule has 1 amide bonds. The predicted molar refractivity (Wildman–Crippen MR) is 317 cm³/mol. The molecule has 0 spiro atoms. The SMILES string of the molecule is CC(=O)OC1C(=O)C2(C)C(O)CC3OC[C@@]3(OC(=O)c3ccccc3)[C@H]2[C@H](O)C2(O)C[C@H](OC(=O)[C@H](OC(=O)OC/C=C/c3cccc(COC(=O)CCCCC4CCSS4)c3[N+](=O)[O-])[C@@H](NC(=O)c3ccccc3)c3ccccc3)C(C)=C1C2(C)C. The van der Waals surface area contributed by atoms with Gasteiger partial charge < -0.3 is 53.8 Å². The second-order valence-corrected chi connectivity index (χ2v) is 26.0. The van der Waals surface area contributed by atoms with E-state index in [2.05, 4.69) is 5.32 Å². The normalized spacial score (nSPS) is 27.8. The van der Waals surface area contributed by atoms with Crippen LogP contribution in [0.25, 0.3) is 6.08 Å². The summed E-state index contributed by atoms with van der Waals surface area (Å²) in [5.41, 5.74) is -7.94. The van der Waals surface area contributed by atoms with Gasteiger partial charge in [0.2, 0.25) is 6.10 Å². The van der Waals surface area contributed by atoms with Gasteiger partial charge in [-0.1, -0.05) is 115 Å². The molecule has 0 aromatic heterocycles. The molecule has 23 heteroatoms. The van der Waals surface area contributed by atoms with Crippen molar-refractivity contribution in [2.75, 3.05) is 19.0 Å². The minimum absolute atomic E-state index is 0.0723. The number of unbranched alkanes of at least 4 members (excludes halogenated alkanes) is 1. The first-order valence-electron chi connectivity index (χ1n) is 28.7. The summed E-state index contributed by atoms with van der Waals surface area (Å²) in [4.78, 5) is 111.